The molecule has 134 valence electrons. The minimum Gasteiger partial charge on any atom is -0.369 e. The largest absolute Gasteiger partial charge is 0.369 e. The highest BCUT2D eigenvalue weighted by atomic mass is 32.1. The Balaban J connectivity index is 1.43. The molecule has 2 aromatic rings. The third-order valence-electron chi connectivity index (χ3n) is 4.68. The second kappa shape index (κ2) is 8.45. The molecule has 1 N–H and O–H groups in total. The molecule has 1 aliphatic heterocycles. The zero-order valence-electron chi connectivity index (χ0n) is 14.5. The SMILES string of the molecule is C[C@@H](C(=O)NCCc1cccs1)N1CCN(c2ccc(F)cc2)CC1. The number of rotatable bonds is 6. The number of hydrogen-bond acceptors (Lipinski definition) is 4. The van der Waals surface area contributed by atoms with E-state index >= 15 is 0 Å². The summed E-state index contributed by atoms with van der Waals surface area (Å²) < 4.78 is 13.0. The van der Waals surface area contributed by atoms with E-state index in [1.165, 1.54) is 17.0 Å². The van der Waals surface area contributed by atoms with E-state index in [0.717, 1.165) is 38.3 Å². The van der Waals surface area contributed by atoms with Crippen molar-refractivity contribution in [3.8, 4) is 0 Å². The molecule has 1 atom stereocenters. The first kappa shape index (κ1) is 17.9. The van der Waals surface area contributed by atoms with Gasteiger partial charge in [0.25, 0.3) is 0 Å². The van der Waals surface area contributed by atoms with E-state index in [4.69, 9.17) is 0 Å². The maximum atomic E-state index is 13.0. The van der Waals surface area contributed by atoms with Gasteiger partial charge < -0.3 is 10.2 Å². The molecule has 4 nitrogen and oxygen atoms in total. The third-order valence-corrected chi connectivity index (χ3v) is 5.62. The van der Waals surface area contributed by atoms with E-state index < -0.39 is 0 Å². The van der Waals surface area contributed by atoms with Crippen molar-refractivity contribution in [2.75, 3.05) is 37.6 Å². The highest BCUT2D eigenvalue weighted by molar-refractivity contribution is 7.09. The van der Waals surface area contributed by atoms with E-state index in [1.54, 1.807) is 11.3 Å². The Kier molecular flexibility index (Phi) is 6.04. The van der Waals surface area contributed by atoms with Gasteiger partial charge in [0, 0.05) is 43.3 Å². The lowest BCUT2D eigenvalue weighted by Gasteiger charge is -2.38. The molecule has 0 unspecified atom stereocenters. The number of carbonyl (C=O) groups is 1. The van der Waals surface area contributed by atoms with Crippen LogP contribution in [0.15, 0.2) is 41.8 Å². The lowest BCUT2D eigenvalue weighted by atomic mass is 10.2. The Bertz CT molecular complexity index is 666. The van der Waals surface area contributed by atoms with Gasteiger partial charge in [0.2, 0.25) is 5.91 Å². The first-order valence-corrected chi connectivity index (χ1v) is 9.56. The normalized spacial score (nSPS) is 16.6. The number of anilines is 1. The van der Waals surface area contributed by atoms with Crippen molar-refractivity contribution in [1.29, 1.82) is 0 Å². The van der Waals surface area contributed by atoms with Crippen LogP contribution in [0.25, 0.3) is 0 Å². The van der Waals surface area contributed by atoms with Gasteiger partial charge in [-0.2, -0.15) is 0 Å². The average Bonchev–Trinajstić information content (AvgIpc) is 3.15. The predicted octanol–water partition coefficient (Wildman–Crippen LogP) is 2.76. The van der Waals surface area contributed by atoms with Crippen molar-refractivity contribution in [2.24, 2.45) is 0 Å². The Morgan fingerprint density at radius 2 is 1.92 bits per heavy atom. The van der Waals surface area contributed by atoms with Crippen LogP contribution in [0, 0.1) is 5.82 Å². The lowest BCUT2D eigenvalue weighted by molar-refractivity contribution is -0.125. The number of carbonyl (C=O) groups excluding carboxylic acids is 1. The van der Waals surface area contributed by atoms with Crippen LogP contribution in [0.5, 0.6) is 0 Å². The van der Waals surface area contributed by atoms with Crippen LogP contribution >= 0.6 is 11.3 Å². The molecule has 0 radical (unpaired) electrons. The molecule has 25 heavy (non-hydrogen) atoms. The maximum absolute atomic E-state index is 13.0. The van der Waals surface area contributed by atoms with Crippen molar-refractivity contribution in [3.05, 3.63) is 52.5 Å². The van der Waals surface area contributed by atoms with Crippen molar-refractivity contribution in [2.45, 2.75) is 19.4 Å². The van der Waals surface area contributed by atoms with Crippen LogP contribution in [-0.2, 0) is 11.2 Å². The van der Waals surface area contributed by atoms with E-state index in [1.807, 2.05) is 25.1 Å². The summed E-state index contributed by atoms with van der Waals surface area (Å²) in [6.07, 6.45) is 0.883. The van der Waals surface area contributed by atoms with E-state index in [2.05, 4.69) is 26.6 Å². The highest BCUT2D eigenvalue weighted by Crippen LogP contribution is 2.18. The van der Waals surface area contributed by atoms with Crippen molar-refractivity contribution >= 4 is 22.9 Å². The maximum Gasteiger partial charge on any atom is 0.237 e. The quantitative estimate of drug-likeness (QED) is 0.859. The van der Waals surface area contributed by atoms with Gasteiger partial charge in [-0.1, -0.05) is 6.07 Å². The van der Waals surface area contributed by atoms with Gasteiger partial charge in [0.15, 0.2) is 0 Å². The number of hydrogen-bond donors (Lipinski definition) is 1. The molecular formula is C19H24FN3OS. The summed E-state index contributed by atoms with van der Waals surface area (Å²) in [5.74, 6) is -0.123. The zero-order chi connectivity index (χ0) is 17.6. The smallest absolute Gasteiger partial charge is 0.237 e. The molecule has 2 heterocycles. The van der Waals surface area contributed by atoms with Gasteiger partial charge in [-0.05, 0) is 49.1 Å². The third kappa shape index (κ3) is 4.80. The van der Waals surface area contributed by atoms with Gasteiger partial charge in [-0.15, -0.1) is 11.3 Å². The van der Waals surface area contributed by atoms with Gasteiger partial charge >= 0.3 is 0 Å². The van der Waals surface area contributed by atoms with Crippen LogP contribution in [-0.4, -0.2) is 49.6 Å². The predicted molar refractivity (Wildman–Crippen MR) is 101 cm³/mol. The van der Waals surface area contributed by atoms with E-state index in [9.17, 15) is 9.18 Å². The van der Waals surface area contributed by atoms with Gasteiger partial charge in [0.05, 0.1) is 6.04 Å². The first-order valence-electron chi connectivity index (χ1n) is 8.68. The summed E-state index contributed by atoms with van der Waals surface area (Å²) in [5, 5.41) is 5.09. The fourth-order valence-electron chi connectivity index (χ4n) is 3.10. The van der Waals surface area contributed by atoms with Crippen LogP contribution in [0.4, 0.5) is 10.1 Å². The van der Waals surface area contributed by atoms with E-state index in [-0.39, 0.29) is 17.8 Å². The molecule has 6 heteroatoms. The standard InChI is InChI=1S/C19H24FN3OS/c1-15(19(24)21-9-8-18-3-2-14-25-18)22-10-12-23(13-11-22)17-6-4-16(20)5-7-17/h2-7,14-15H,8-13H2,1H3,(H,21,24)/t15-/m0/s1. The second-order valence-electron chi connectivity index (χ2n) is 6.30. The molecule has 0 saturated carbocycles. The lowest BCUT2D eigenvalue weighted by Crippen LogP contribution is -2.54. The second-order valence-corrected chi connectivity index (χ2v) is 7.33. The average molecular weight is 361 g/mol. The number of piperazine rings is 1. The fourth-order valence-corrected chi connectivity index (χ4v) is 3.81. The summed E-state index contributed by atoms with van der Waals surface area (Å²) >= 11 is 1.72. The summed E-state index contributed by atoms with van der Waals surface area (Å²) in [5.41, 5.74) is 1.04. The van der Waals surface area contributed by atoms with Crippen LogP contribution in [0.1, 0.15) is 11.8 Å². The minimum absolute atomic E-state index is 0.0896. The fraction of sp³-hybridized carbons (Fsp3) is 0.421. The van der Waals surface area contributed by atoms with Crippen molar-refractivity contribution in [3.63, 3.8) is 0 Å². The molecule has 1 saturated heterocycles. The molecular weight excluding hydrogens is 337 g/mol. The number of halogens is 1. The molecule has 1 fully saturated rings. The molecule has 0 bridgehead atoms. The van der Waals surface area contributed by atoms with E-state index in [0.29, 0.717) is 6.54 Å². The Labute approximate surface area is 152 Å². The zero-order valence-corrected chi connectivity index (χ0v) is 15.3. The number of amides is 1. The summed E-state index contributed by atoms with van der Waals surface area (Å²) in [6.45, 7) is 6.00. The number of benzene rings is 1. The first-order chi connectivity index (χ1) is 12.1. The minimum atomic E-state index is -0.213. The highest BCUT2D eigenvalue weighted by Gasteiger charge is 2.25. The van der Waals surface area contributed by atoms with Crippen LogP contribution in [0.2, 0.25) is 0 Å². The van der Waals surface area contributed by atoms with Gasteiger partial charge in [-0.25, -0.2) is 4.39 Å². The van der Waals surface area contributed by atoms with Crippen molar-refractivity contribution in [1.82, 2.24) is 10.2 Å². The Hall–Kier alpha value is -1.92. The number of nitrogens with zero attached hydrogens (tertiary/aromatic N) is 2. The molecule has 3 rings (SSSR count). The summed E-state index contributed by atoms with van der Waals surface area (Å²) in [7, 11) is 0. The molecule has 0 spiro atoms. The molecule has 0 aliphatic carbocycles. The molecule has 1 aliphatic rings. The monoisotopic (exact) mass is 361 g/mol. The topological polar surface area (TPSA) is 35.6 Å². The number of thiophene rings is 1. The summed E-state index contributed by atoms with van der Waals surface area (Å²) in [6, 6.07) is 10.6. The van der Waals surface area contributed by atoms with Crippen LogP contribution in [0.3, 0.4) is 0 Å². The van der Waals surface area contributed by atoms with Crippen molar-refractivity contribution < 1.29 is 9.18 Å². The number of nitrogens with one attached hydrogen (secondary N) is 1. The Morgan fingerprint density at radius 1 is 1.20 bits per heavy atom. The van der Waals surface area contributed by atoms with Crippen LogP contribution < -0.4 is 10.2 Å². The Morgan fingerprint density at radius 3 is 2.56 bits per heavy atom. The molecule has 1 amide bonds. The molecule has 1 aromatic carbocycles. The molecule has 1 aromatic heterocycles. The van der Waals surface area contributed by atoms with Gasteiger partial charge in [0.1, 0.15) is 5.82 Å². The summed E-state index contributed by atoms with van der Waals surface area (Å²) in [4.78, 5) is 18.1. The van der Waals surface area contributed by atoms with Gasteiger partial charge in [-0.3, -0.25) is 9.69 Å².